The van der Waals surface area contributed by atoms with Gasteiger partial charge in [0.05, 0.1) is 0 Å². The van der Waals surface area contributed by atoms with Gasteiger partial charge in [0.2, 0.25) is 0 Å². The Bertz CT molecular complexity index is 715. The summed E-state index contributed by atoms with van der Waals surface area (Å²) >= 11 is 0. The summed E-state index contributed by atoms with van der Waals surface area (Å²) in [5.41, 5.74) is 0. The van der Waals surface area contributed by atoms with Crippen molar-refractivity contribution in [2.45, 2.75) is 168 Å². The first kappa shape index (κ1) is 41.8. The molecule has 2 N–H and O–H groups in total. The van der Waals surface area contributed by atoms with Crippen molar-refractivity contribution < 1.29 is 19.8 Å². The van der Waals surface area contributed by atoms with E-state index in [0.717, 1.165) is 38.5 Å². The molecule has 0 saturated carbocycles. The third-order valence-corrected chi connectivity index (χ3v) is 6.99. The van der Waals surface area contributed by atoms with Crippen molar-refractivity contribution in [1.82, 2.24) is 0 Å². The van der Waals surface area contributed by atoms with Crippen molar-refractivity contribution in [3.05, 3.63) is 60.8 Å². The molecule has 0 aliphatic heterocycles. The highest BCUT2D eigenvalue weighted by molar-refractivity contribution is 5.80. The van der Waals surface area contributed by atoms with Crippen molar-refractivity contribution >= 4 is 11.9 Å². The minimum Gasteiger partial charge on any atom is -0.481 e. The van der Waals surface area contributed by atoms with Gasteiger partial charge in [0, 0.05) is 12.5 Å². The number of allylic oxidation sites excluding steroid dienone is 9. The second kappa shape index (κ2) is 38.6. The van der Waals surface area contributed by atoms with E-state index in [0.29, 0.717) is 6.42 Å². The third kappa shape index (κ3) is 44.7. The van der Waals surface area contributed by atoms with Gasteiger partial charge in [-0.05, 0) is 57.8 Å². The van der Waals surface area contributed by atoms with Crippen LogP contribution in [0.3, 0.4) is 0 Å². The molecule has 0 aliphatic carbocycles. The highest BCUT2D eigenvalue weighted by atomic mass is 16.4. The topological polar surface area (TPSA) is 74.6 Å². The number of carbonyl (C=O) groups is 2. The van der Waals surface area contributed by atoms with Crippen molar-refractivity contribution in [1.29, 1.82) is 0 Å². The number of aliphatic carboxylic acids is 2. The van der Waals surface area contributed by atoms with Crippen LogP contribution in [0.2, 0.25) is 0 Å². The molecule has 0 aromatic rings. The molecule has 0 saturated heterocycles. The fourth-order valence-electron chi connectivity index (χ4n) is 4.42. The Hall–Kier alpha value is -2.36. The van der Waals surface area contributed by atoms with Gasteiger partial charge in [-0.25, -0.2) is 4.79 Å². The second-order valence-corrected chi connectivity index (χ2v) is 11.2. The van der Waals surface area contributed by atoms with E-state index in [2.05, 4.69) is 56.4 Å². The minimum atomic E-state index is -0.884. The van der Waals surface area contributed by atoms with E-state index >= 15 is 0 Å². The maximum atomic E-state index is 10.3. The Kier molecular flexibility index (Phi) is 38.4. The first-order valence-electron chi connectivity index (χ1n) is 17.3. The summed E-state index contributed by atoms with van der Waals surface area (Å²) in [5, 5.41) is 16.9. The smallest absolute Gasteiger partial charge is 0.328 e. The summed E-state index contributed by atoms with van der Waals surface area (Å²) in [6.45, 7) is 4.50. The fourth-order valence-corrected chi connectivity index (χ4v) is 4.42. The number of carboxylic acids is 2. The van der Waals surface area contributed by atoms with Crippen LogP contribution in [0.4, 0.5) is 0 Å². The molecule has 0 atom stereocenters. The number of hydrogen-bond donors (Lipinski definition) is 2. The van der Waals surface area contributed by atoms with Crippen LogP contribution in [-0.2, 0) is 9.59 Å². The summed E-state index contributed by atoms with van der Waals surface area (Å²) in [4.78, 5) is 20.5. The van der Waals surface area contributed by atoms with Crippen molar-refractivity contribution in [2.75, 3.05) is 0 Å². The van der Waals surface area contributed by atoms with E-state index in [4.69, 9.17) is 10.2 Å². The lowest BCUT2D eigenvalue weighted by Gasteiger charge is -2.02. The molecule has 42 heavy (non-hydrogen) atoms. The Morgan fingerprint density at radius 1 is 0.452 bits per heavy atom. The number of carboxylic acid groups (broad SMARTS) is 2. The zero-order valence-electron chi connectivity index (χ0n) is 27.5. The molecular weight excluding hydrogens is 520 g/mol. The van der Waals surface area contributed by atoms with Crippen LogP contribution in [0.15, 0.2) is 60.8 Å². The number of unbranched alkanes of at least 4 members (excludes halogenated alkanes) is 18. The van der Waals surface area contributed by atoms with E-state index in [9.17, 15) is 9.59 Å². The minimum absolute atomic E-state index is 0.290. The summed E-state index contributed by atoms with van der Waals surface area (Å²) < 4.78 is 0. The Morgan fingerprint density at radius 2 is 0.833 bits per heavy atom. The zero-order valence-corrected chi connectivity index (χ0v) is 27.5. The first-order chi connectivity index (χ1) is 20.5. The average molecular weight is 587 g/mol. The lowest BCUT2D eigenvalue weighted by Crippen LogP contribution is -1.92. The number of hydrogen-bond acceptors (Lipinski definition) is 2. The standard InChI is InChI=1S/C20H36O2.C18H30O2/c1-2-3-4-5-6-7-8-9-10-11-12-13-14-15-16-17-18-19-20(21)22;1-2-3-4-5-6-7-8-9-10-11-12-13-14-15-16-17-18(19)20/h16-19H,2-15H2,1H3,(H,21,22);6-7,9-10,12-13H,2-5,8,11,14-17H2,1H3,(H,19,20). The Balaban J connectivity index is 0. The monoisotopic (exact) mass is 586 g/mol. The largest absolute Gasteiger partial charge is 0.481 e. The highest BCUT2D eigenvalue weighted by Crippen LogP contribution is 2.13. The molecule has 0 amide bonds. The van der Waals surface area contributed by atoms with Crippen LogP contribution >= 0.6 is 0 Å². The van der Waals surface area contributed by atoms with E-state index in [-0.39, 0.29) is 0 Å². The van der Waals surface area contributed by atoms with Gasteiger partial charge in [-0.2, -0.15) is 0 Å². The molecule has 4 heteroatoms. The third-order valence-electron chi connectivity index (χ3n) is 6.99. The van der Waals surface area contributed by atoms with Crippen LogP contribution in [-0.4, -0.2) is 22.2 Å². The fraction of sp³-hybridized carbons (Fsp3) is 0.684. The predicted molar refractivity (Wildman–Crippen MR) is 183 cm³/mol. The van der Waals surface area contributed by atoms with E-state index < -0.39 is 11.9 Å². The maximum absolute atomic E-state index is 10.3. The molecular formula is C38H66O4. The summed E-state index contributed by atoms with van der Waals surface area (Å²) in [6, 6.07) is 0. The van der Waals surface area contributed by atoms with Crippen LogP contribution in [0.1, 0.15) is 168 Å². The van der Waals surface area contributed by atoms with Gasteiger partial charge in [-0.3, -0.25) is 4.79 Å². The summed E-state index contributed by atoms with van der Waals surface area (Å²) in [5.74, 6) is -1.58. The van der Waals surface area contributed by atoms with Crippen molar-refractivity contribution in [3.63, 3.8) is 0 Å². The predicted octanol–water partition coefficient (Wildman–Crippen LogP) is 12.3. The maximum Gasteiger partial charge on any atom is 0.328 e. The molecule has 0 fully saturated rings. The van der Waals surface area contributed by atoms with Crippen LogP contribution in [0, 0.1) is 0 Å². The van der Waals surface area contributed by atoms with Gasteiger partial charge in [0.25, 0.3) is 0 Å². The Morgan fingerprint density at radius 3 is 1.31 bits per heavy atom. The normalized spacial score (nSPS) is 11.9. The molecule has 0 aromatic heterocycles. The van der Waals surface area contributed by atoms with Gasteiger partial charge < -0.3 is 10.2 Å². The second-order valence-electron chi connectivity index (χ2n) is 11.2. The lowest BCUT2D eigenvalue weighted by atomic mass is 10.0. The van der Waals surface area contributed by atoms with Crippen molar-refractivity contribution in [3.8, 4) is 0 Å². The summed E-state index contributed by atoms with van der Waals surface area (Å²) in [6.07, 6.45) is 49.0. The molecule has 0 spiro atoms. The van der Waals surface area contributed by atoms with Gasteiger partial charge in [-0.1, -0.05) is 158 Å². The molecule has 0 aliphatic rings. The number of rotatable bonds is 29. The van der Waals surface area contributed by atoms with E-state index in [1.807, 2.05) is 6.08 Å². The quantitative estimate of drug-likeness (QED) is 0.0395. The first-order valence-corrected chi connectivity index (χ1v) is 17.3. The van der Waals surface area contributed by atoms with Gasteiger partial charge in [-0.15, -0.1) is 0 Å². The SMILES string of the molecule is CCCCCC=CCC=CCC=CCCCCC(=O)O.CCCCCCCCCCCCCCCC=CC=CC(=O)O. The average Bonchev–Trinajstić information content (AvgIpc) is 2.97. The van der Waals surface area contributed by atoms with Crippen LogP contribution in [0.5, 0.6) is 0 Å². The van der Waals surface area contributed by atoms with Crippen LogP contribution in [0.25, 0.3) is 0 Å². The van der Waals surface area contributed by atoms with Gasteiger partial charge in [0.1, 0.15) is 0 Å². The molecule has 4 nitrogen and oxygen atoms in total. The molecule has 0 rings (SSSR count). The zero-order chi connectivity index (χ0) is 31.2. The lowest BCUT2D eigenvalue weighted by molar-refractivity contribution is -0.137. The highest BCUT2D eigenvalue weighted by Gasteiger charge is 1.94. The summed E-state index contributed by atoms with van der Waals surface area (Å²) in [7, 11) is 0. The van der Waals surface area contributed by atoms with Gasteiger partial charge in [0.15, 0.2) is 0 Å². The van der Waals surface area contributed by atoms with Crippen LogP contribution < -0.4 is 0 Å². The van der Waals surface area contributed by atoms with Crippen molar-refractivity contribution in [2.24, 2.45) is 0 Å². The molecule has 0 aromatic carbocycles. The molecule has 0 unspecified atom stereocenters. The molecule has 0 radical (unpaired) electrons. The van der Waals surface area contributed by atoms with E-state index in [1.165, 1.54) is 115 Å². The van der Waals surface area contributed by atoms with Gasteiger partial charge >= 0.3 is 11.9 Å². The van der Waals surface area contributed by atoms with E-state index in [1.54, 1.807) is 6.08 Å². The Labute approximate surface area is 260 Å². The molecule has 0 heterocycles. The molecule has 242 valence electrons. The molecule has 0 bridgehead atoms.